The zero-order valence-electron chi connectivity index (χ0n) is 11.1. The zero-order chi connectivity index (χ0) is 15.2. The van der Waals surface area contributed by atoms with Crippen molar-refractivity contribution in [1.82, 2.24) is 9.97 Å². The molecule has 1 aromatic heterocycles. The Morgan fingerprint density at radius 1 is 1.10 bits per heavy atom. The lowest BCUT2D eigenvalue weighted by Crippen LogP contribution is -2.04. The molecule has 3 nitrogen and oxygen atoms in total. The molecule has 108 valence electrons. The minimum absolute atomic E-state index is 0.356. The minimum Gasteiger partial charge on any atom is -0.399 e. The highest BCUT2D eigenvalue weighted by Gasteiger charge is 2.30. The first kappa shape index (κ1) is 13.5. The average molecular weight is 291 g/mol. The summed E-state index contributed by atoms with van der Waals surface area (Å²) in [6.07, 6.45) is -4.36. The van der Waals surface area contributed by atoms with E-state index in [0.29, 0.717) is 22.5 Å². The number of aryl methyl sites for hydroxylation is 1. The number of alkyl halides is 3. The molecule has 1 heterocycles. The molecule has 0 unspecified atom stereocenters. The molecule has 3 rings (SSSR count). The summed E-state index contributed by atoms with van der Waals surface area (Å²) in [5.41, 5.74) is 8.24. The van der Waals surface area contributed by atoms with Crippen molar-refractivity contribution in [2.45, 2.75) is 13.1 Å². The van der Waals surface area contributed by atoms with E-state index < -0.39 is 11.7 Å². The standard InChI is InChI=1S/C15H12F3N3/c1-8-6-9(2-4-11(8)19)14-20-12-5-3-10(15(16,17)18)7-13(12)21-14/h2-7H,19H2,1H3,(H,20,21). The number of aromatic nitrogens is 2. The van der Waals surface area contributed by atoms with Gasteiger partial charge in [0.25, 0.3) is 0 Å². The van der Waals surface area contributed by atoms with E-state index in [1.807, 2.05) is 13.0 Å². The summed E-state index contributed by atoms with van der Waals surface area (Å²) >= 11 is 0. The van der Waals surface area contributed by atoms with Crippen LogP contribution in [0.15, 0.2) is 36.4 Å². The Morgan fingerprint density at radius 2 is 1.86 bits per heavy atom. The predicted octanol–water partition coefficient (Wildman–Crippen LogP) is 4.14. The number of imidazole rings is 1. The quantitative estimate of drug-likeness (QED) is 0.662. The molecule has 0 aliphatic heterocycles. The van der Waals surface area contributed by atoms with Crippen molar-refractivity contribution in [3.63, 3.8) is 0 Å². The van der Waals surface area contributed by atoms with Gasteiger partial charge in [0.2, 0.25) is 0 Å². The molecule has 6 heteroatoms. The third kappa shape index (κ3) is 2.44. The fourth-order valence-electron chi connectivity index (χ4n) is 2.15. The van der Waals surface area contributed by atoms with Gasteiger partial charge in [0.05, 0.1) is 16.6 Å². The number of nitrogen functional groups attached to an aromatic ring is 1. The normalized spacial score (nSPS) is 12.0. The average Bonchev–Trinajstić information content (AvgIpc) is 2.83. The number of aromatic amines is 1. The summed E-state index contributed by atoms with van der Waals surface area (Å²) in [4.78, 5) is 7.23. The fraction of sp³-hybridized carbons (Fsp3) is 0.133. The summed E-state index contributed by atoms with van der Waals surface area (Å²) < 4.78 is 38.1. The van der Waals surface area contributed by atoms with E-state index in [1.54, 1.807) is 12.1 Å². The van der Waals surface area contributed by atoms with Crippen LogP contribution in [-0.2, 0) is 6.18 Å². The molecule has 0 fully saturated rings. The number of anilines is 1. The van der Waals surface area contributed by atoms with Crippen LogP contribution in [-0.4, -0.2) is 9.97 Å². The van der Waals surface area contributed by atoms with Gasteiger partial charge in [0.15, 0.2) is 0 Å². The molecule has 0 bridgehead atoms. The summed E-state index contributed by atoms with van der Waals surface area (Å²) in [5, 5.41) is 0. The van der Waals surface area contributed by atoms with E-state index in [-0.39, 0.29) is 0 Å². The van der Waals surface area contributed by atoms with Crippen LogP contribution >= 0.6 is 0 Å². The predicted molar refractivity (Wildman–Crippen MR) is 75.7 cm³/mol. The van der Waals surface area contributed by atoms with E-state index >= 15 is 0 Å². The fourth-order valence-corrected chi connectivity index (χ4v) is 2.15. The Labute approximate surface area is 118 Å². The number of hydrogen-bond acceptors (Lipinski definition) is 2. The smallest absolute Gasteiger partial charge is 0.399 e. The number of rotatable bonds is 1. The lowest BCUT2D eigenvalue weighted by atomic mass is 10.1. The number of nitrogens with zero attached hydrogens (tertiary/aromatic N) is 1. The van der Waals surface area contributed by atoms with Crippen LogP contribution in [0.4, 0.5) is 18.9 Å². The van der Waals surface area contributed by atoms with Gasteiger partial charge in [-0.15, -0.1) is 0 Å². The number of nitrogens with two attached hydrogens (primary N) is 1. The van der Waals surface area contributed by atoms with Crippen LogP contribution in [0, 0.1) is 6.92 Å². The molecular formula is C15H12F3N3. The molecule has 3 N–H and O–H groups in total. The molecule has 0 aliphatic rings. The molecule has 0 radical (unpaired) electrons. The largest absolute Gasteiger partial charge is 0.416 e. The first-order valence-electron chi connectivity index (χ1n) is 6.28. The first-order valence-corrected chi connectivity index (χ1v) is 6.28. The van der Waals surface area contributed by atoms with Crippen molar-refractivity contribution >= 4 is 16.7 Å². The maximum atomic E-state index is 12.7. The topological polar surface area (TPSA) is 54.7 Å². The van der Waals surface area contributed by atoms with Gasteiger partial charge in [-0.25, -0.2) is 4.98 Å². The van der Waals surface area contributed by atoms with Crippen LogP contribution in [0.5, 0.6) is 0 Å². The van der Waals surface area contributed by atoms with Crippen LogP contribution in [0.1, 0.15) is 11.1 Å². The Morgan fingerprint density at radius 3 is 2.52 bits per heavy atom. The van der Waals surface area contributed by atoms with Gasteiger partial charge in [0.1, 0.15) is 5.82 Å². The van der Waals surface area contributed by atoms with Crippen molar-refractivity contribution in [3.8, 4) is 11.4 Å². The number of benzene rings is 2. The summed E-state index contributed by atoms with van der Waals surface area (Å²) in [5.74, 6) is 0.521. The van der Waals surface area contributed by atoms with Crippen LogP contribution in [0.25, 0.3) is 22.4 Å². The van der Waals surface area contributed by atoms with Crippen molar-refractivity contribution in [2.75, 3.05) is 5.73 Å². The molecule has 0 spiro atoms. The van der Waals surface area contributed by atoms with Gasteiger partial charge >= 0.3 is 6.18 Å². The molecule has 21 heavy (non-hydrogen) atoms. The van der Waals surface area contributed by atoms with Gasteiger partial charge in [0, 0.05) is 11.3 Å². The molecule has 2 aromatic carbocycles. The molecule has 0 saturated carbocycles. The highest BCUT2D eigenvalue weighted by Crippen LogP contribution is 2.32. The number of nitrogens with one attached hydrogen (secondary N) is 1. The Kier molecular flexibility index (Phi) is 2.90. The van der Waals surface area contributed by atoms with Crippen molar-refractivity contribution in [3.05, 3.63) is 47.5 Å². The van der Waals surface area contributed by atoms with Crippen molar-refractivity contribution < 1.29 is 13.2 Å². The van der Waals surface area contributed by atoms with Crippen LogP contribution in [0.2, 0.25) is 0 Å². The third-order valence-corrected chi connectivity index (χ3v) is 3.35. The number of H-pyrrole nitrogens is 1. The molecule has 3 aromatic rings. The lowest BCUT2D eigenvalue weighted by molar-refractivity contribution is -0.137. The minimum atomic E-state index is -4.36. The van der Waals surface area contributed by atoms with Crippen molar-refractivity contribution in [2.24, 2.45) is 0 Å². The van der Waals surface area contributed by atoms with Crippen LogP contribution in [0.3, 0.4) is 0 Å². The molecule has 0 aliphatic carbocycles. The third-order valence-electron chi connectivity index (χ3n) is 3.35. The SMILES string of the molecule is Cc1cc(-c2nc3ccc(C(F)(F)F)cc3[nH]2)ccc1N. The van der Waals surface area contributed by atoms with Gasteiger partial charge in [-0.3, -0.25) is 0 Å². The number of fused-ring (bicyclic) bond motifs is 1. The lowest BCUT2D eigenvalue weighted by Gasteiger charge is -2.05. The van der Waals surface area contributed by atoms with E-state index in [2.05, 4.69) is 9.97 Å². The molecular weight excluding hydrogens is 279 g/mol. The van der Waals surface area contributed by atoms with Gasteiger partial charge in [-0.1, -0.05) is 0 Å². The second-order valence-electron chi connectivity index (χ2n) is 4.89. The monoisotopic (exact) mass is 291 g/mol. The highest BCUT2D eigenvalue weighted by atomic mass is 19.4. The van der Waals surface area contributed by atoms with E-state index in [9.17, 15) is 13.2 Å². The Bertz CT molecular complexity index is 819. The van der Waals surface area contributed by atoms with Crippen molar-refractivity contribution in [1.29, 1.82) is 0 Å². The maximum Gasteiger partial charge on any atom is 0.416 e. The maximum absolute atomic E-state index is 12.7. The Balaban J connectivity index is 2.10. The van der Waals surface area contributed by atoms with E-state index in [4.69, 9.17) is 5.73 Å². The molecule has 0 atom stereocenters. The Hall–Kier alpha value is -2.50. The summed E-state index contributed by atoms with van der Waals surface area (Å²) in [6, 6.07) is 8.83. The highest BCUT2D eigenvalue weighted by molar-refractivity contribution is 5.80. The number of halogens is 3. The summed E-state index contributed by atoms with van der Waals surface area (Å²) in [7, 11) is 0. The second-order valence-corrected chi connectivity index (χ2v) is 4.89. The molecule has 0 saturated heterocycles. The van der Waals surface area contributed by atoms with Gasteiger partial charge < -0.3 is 10.7 Å². The first-order chi connectivity index (χ1) is 9.84. The second kappa shape index (κ2) is 4.51. The van der Waals surface area contributed by atoms with E-state index in [0.717, 1.165) is 23.3 Å². The van der Waals surface area contributed by atoms with Gasteiger partial charge in [-0.2, -0.15) is 13.2 Å². The van der Waals surface area contributed by atoms with Crippen LogP contribution < -0.4 is 5.73 Å². The van der Waals surface area contributed by atoms with E-state index in [1.165, 1.54) is 6.07 Å². The molecule has 0 amide bonds. The summed E-state index contributed by atoms with van der Waals surface area (Å²) in [6.45, 7) is 1.86. The van der Waals surface area contributed by atoms with Gasteiger partial charge in [-0.05, 0) is 48.9 Å². The zero-order valence-corrected chi connectivity index (χ0v) is 11.1. The number of hydrogen-bond donors (Lipinski definition) is 2.